The van der Waals surface area contributed by atoms with Gasteiger partial charge in [-0.3, -0.25) is 0 Å². The van der Waals surface area contributed by atoms with Crippen molar-refractivity contribution in [1.82, 2.24) is 0 Å². The van der Waals surface area contributed by atoms with Crippen molar-refractivity contribution >= 4 is 0 Å². The van der Waals surface area contributed by atoms with E-state index in [2.05, 4.69) is 0 Å². The molecule has 2 rings (SSSR count). The van der Waals surface area contributed by atoms with Crippen LogP contribution >= 0.6 is 0 Å². The van der Waals surface area contributed by atoms with Gasteiger partial charge in [0.25, 0.3) is 0 Å². The molecule has 2 heteroatoms. The highest BCUT2D eigenvalue weighted by atomic mass is 19.1. The van der Waals surface area contributed by atoms with Gasteiger partial charge in [-0.1, -0.05) is 6.08 Å². The van der Waals surface area contributed by atoms with Gasteiger partial charge in [0.1, 0.15) is 12.0 Å². The molecule has 1 unspecified atom stereocenters. The van der Waals surface area contributed by atoms with Crippen LogP contribution in [0.5, 0.6) is 0 Å². The lowest BCUT2D eigenvalue weighted by Gasteiger charge is -1.97. The van der Waals surface area contributed by atoms with Gasteiger partial charge in [0, 0.05) is 12.0 Å². The average Bonchev–Trinajstić information content (AvgIpc) is 2.41. The zero-order valence-corrected chi connectivity index (χ0v) is 6.20. The predicted molar refractivity (Wildman–Crippen MR) is 39.5 cm³/mol. The Morgan fingerprint density at radius 2 is 2.18 bits per heavy atom. The number of hydrogen-bond acceptors (Lipinski definition) is 0. The molecule has 0 radical (unpaired) electrons. The van der Waals surface area contributed by atoms with Crippen LogP contribution in [0.4, 0.5) is 8.78 Å². The van der Waals surface area contributed by atoms with E-state index in [0.29, 0.717) is 17.6 Å². The summed E-state index contributed by atoms with van der Waals surface area (Å²) in [6.45, 7) is 1.65. The lowest BCUT2D eigenvalue weighted by molar-refractivity contribution is 0.392. The zero-order chi connectivity index (χ0) is 8.01. The number of allylic oxidation sites excluding steroid dienone is 6. The molecule has 2 aliphatic rings. The van der Waals surface area contributed by atoms with Crippen molar-refractivity contribution in [1.29, 1.82) is 0 Å². The minimum absolute atomic E-state index is 0.280. The normalized spacial score (nSPS) is 28.8. The van der Waals surface area contributed by atoms with Crippen LogP contribution in [0.2, 0.25) is 0 Å². The molecule has 0 aromatic heterocycles. The Kier molecular flexibility index (Phi) is 1.25. The summed E-state index contributed by atoms with van der Waals surface area (Å²) in [6, 6.07) is 0. The summed E-state index contributed by atoms with van der Waals surface area (Å²) in [5.41, 5.74) is 1.87. The number of halogens is 2. The maximum absolute atomic E-state index is 12.9. The van der Waals surface area contributed by atoms with E-state index in [1.165, 1.54) is 6.08 Å². The van der Waals surface area contributed by atoms with Crippen LogP contribution in [-0.2, 0) is 0 Å². The van der Waals surface area contributed by atoms with Crippen molar-refractivity contribution in [2.45, 2.75) is 19.5 Å². The van der Waals surface area contributed by atoms with Crippen LogP contribution in [0.1, 0.15) is 13.3 Å². The first kappa shape index (κ1) is 6.77. The number of rotatable bonds is 0. The third-order valence-corrected chi connectivity index (χ3v) is 2.25. The lowest BCUT2D eigenvalue weighted by Crippen LogP contribution is -1.94. The van der Waals surface area contributed by atoms with Crippen molar-refractivity contribution in [3.63, 3.8) is 0 Å². The SMILES string of the molecule is CC1=C2C(F)=CC=C2CC1F. The highest BCUT2D eigenvalue weighted by Gasteiger charge is 2.30. The van der Waals surface area contributed by atoms with Crippen LogP contribution in [-0.4, -0.2) is 6.17 Å². The smallest absolute Gasteiger partial charge is 0.130 e. The van der Waals surface area contributed by atoms with Gasteiger partial charge >= 0.3 is 0 Å². The molecule has 11 heavy (non-hydrogen) atoms. The Morgan fingerprint density at radius 1 is 1.45 bits per heavy atom. The van der Waals surface area contributed by atoms with Crippen LogP contribution < -0.4 is 0 Å². The van der Waals surface area contributed by atoms with Gasteiger partial charge in [-0.25, -0.2) is 8.78 Å². The molecule has 0 saturated heterocycles. The summed E-state index contributed by atoms with van der Waals surface area (Å²) < 4.78 is 25.8. The van der Waals surface area contributed by atoms with Gasteiger partial charge in [0.05, 0.1) is 0 Å². The van der Waals surface area contributed by atoms with Gasteiger partial charge in [-0.05, 0) is 24.1 Å². The second-order valence-electron chi connectivity index (χ2n) is 2.94. The average molecular weight is 154 g/mol. The van der Waals surface area contributed by atoms with Crippen LogP contribution in [0.15, 0.2) is 34.7 Å². The molecule has 0 amide bonds. The standard InChI is InChI=1S/C9H8F2/c1-5-8(11)4-6-2-3-7(10)9(5)6/h2-3,8H,4H2,1H3. The fraction of sp³-hybridized carbons (Fsp3) is 0.333. The molecular formula is C9H8F2. The highest BCUT2D eigenvalue weighted by molar-refractivity contribution is 5.58. The Labute approximate surface area is 63.9 Å². The quantitative estimate of drug-likeness (QED) is 0.503. The molecule has 58 valence electrons. The molecule has 2 aliphatic carbocycles. The van der Waals surface area contributed by atoms with E-state index in [9.17, 15) is 8.78 Å². The van der Waals surface area contributed by atoms with Crippen LogP contribution in [0.3, 0.4) is 0 Å². The maximum atomic E-state index is 12.9. The molecular weight excluding hydrogens is 146 g/mol. The largest absolute Gasteiger partial charge is 0.242 e. The van der Waals surface area contributed by atoms with Crippen molar-refractivity contribution in [3.8, 4) is 0 Å². The summed E-state index contributed by atoms with van der Waals surface area (Å²) in [6.07, 6.45) is 2.45. The second-order valence-corrected chi connectivity index (χ2v) is 2.94. The first-order valence-electron chi connectivity index (χ1n) is 3.62. The van der Waals surface area contributed by atoms with Gasteiger partial charge in [-0.15, -0.1) is 0 Å². The van der Waals surface area contributed by atoms with Gasteiger partial charge in [0.2, 0.25) is 0 Å². The fourth-order valence-corrected chi connectivity index (χ4v) is 1.61. The second kappa shape index (κ2) is 2.03. The molecule has 0 saturated carbocycles. The molecule has 0 fully saturated rings. The molecule has 0 nitrogen and oxygen atoms in total. The first-order chi connectivity index (χ1) is 5.20. The van der Waals surface area contributed by atoms with Crippen molar-refractivity contribution in [3.05, 3.63) is 34.7 Å². The number of alkyl halides is 1. The van der Waals surface area contributed by atoms with Gasteiger partial charge < -0.3 is 0 Å². The van der Waals surface area contributed by atoms with Crippen molar-refractivity contribution < 1.29 is 8.78 Å². The van der Waals surface area contributed by atoms with E-state index in [1.807, 2.05) is 0 Å². The van der Waals surface area contributed by atoms with E-state index in [-0.39, 0.29) is 5.83 Å². The summed E-state index contributed by atoms with van der Waals surface area (Å²) in [7, 11) is 0. The molecule has 0 aliphatic heterocycles. The predicted octanol–water partition coefficient (Wildman–Crippen LogP) is 2.84. The summed E-state index contributed by atoms with van der Waals surface area (Å²) in [4.78, 5) is 0. The lowest BCUT2D eigenvalue weighted by atomic mass is 10.1. The molecule has 0 bridgehead atoms. The topological polar surface area (TPSA) is 0 Å². The number of hydrogen-bond donors (Lipinski definition) is 0. The Bertz CT molecular complexity index is 295. The first-order valence-corrected chi connectivity index (χ1v) is 3.62. The Balaban J connectivity index is 2.51. The zero-order valence-electron chi connectivity index (χ0n) is 6.20. The van der Waals surface area contributed by atoms with Crippen LogP contribution in [0.25, 0.3) is 0 Å². The molecule has 0 heterocycles. The van der Waals surface area contributed by atoms with E-state index in [0.717, 1.165) is 5.57 Å². The minimum Gasteiger partial charge on any atom is -0.242 e. The van der Waals surface area contributed by atoms with E-state index < -0.39 is 6.17 Å². The summed E-state index contributed by atoms with van der Waals surface area (Å²) in [5, 5.41) is 0. The highest BCUT2D eigenvalue weighted by Crippen LogP contribution is 2.41. The summed E-state index contributed by atoms with van der Waals surface area (Å²) >= 11 is 0. The molecule has 0 spiro atoms. The van der Waals surface area contributed by atoms with Gasteiger partial charge in [-0.2, -0.15) is 0 Å². The van der Waals surface area contributed by atoms with E-state index in [1.54, 1.807) is 13.0 Å². The third-order valence-electron chi connectivity index (χ3n) is 2.25. The van der Waals surface area contributed by atoms with Crippen molar-refractivity contribution in [2.24, 2.45) is 0 Å². The van der Waals surface area contributed by atoms with Crippen LogP contribution in [0, 0.1) is 0 Å². The Morgan fingerprint density at radius 3 is 2.82 bits per heavy atom. The monoisotopic (exact) mass is 154 g/mol. The molecule has 0 aromatic rings. The minimum atomic E-state index is -0.962. The van der Waals surface area contributed by atoms with E-state index in [4.69, 9.17) is 0 Å². The van der Waals surface area contributed by atoms with Crippen molar-refractivity contribution in [2.75, 3.05) is 0 Å². The van der Waals surface area contributed by atoms with Gasteiger partial charge in [0.15, 0.2) is 0 Å². The fourth-order valence-electron chi connectivity index (χ4n) is 1.61. The number of fused-ring (bicyclic) bond motifs is 1. The molecule has 0 N–H and O–H groups in total. The van der Waals surface area contributed by atoms with E-state index >= 15 is 0 Å². The summed E-state index contributed by atoms with van der Waals surface area (Å²) in [5.74, 6) is -0.280. The third kappa shape index (κ3) is 0.785. The maximum Gasteiger partial charge on any atom is 0.130 e. The molecule has 1 atom stereocenters. The molecule has 0 aromatic carbocycles. The Hall–Kier alpha value is -0.920.